The van der Waals surface area contributed by atoms with Crippen LogP contribution in [0.3, 0.4) is 0 Å². The van der Waals surface area contributed by atoms with Crippen molar-refractivity contribution in [2.24, 2.45) is 5.92 Å². The Hall–Kier alpha value is -2.33. The molecule has 0 radical (unpaired) electrons. The van der Waals surface area contributed by atoms with Gasteiger partial charge in [-0.05, 0) is 18.2 Å². The Morgan fingerprint density at radius 2 is 1.97 bits per heavy atom. The van der Waals surface area contributed by atoms with Crippen molar-refractivity contribution in [2.45, 2.75) is 25.0 Å². The number of anilines is 1. The lowest BCUT2D eigenvalue weighted by Crippen LogP contribution is -2.26. The molecule has 0 saturated carbocycles. The summed E-state index contributed by atoms with van der Waals surface area (Å²) in [5.41, 5.74) is -0.604. The molecule has 0 fully saturated rings. The Morgan fingerprint density at radius 1 is 1.24 bits per heavy atom. The molecular weight excluding hydrogens is 429 g/mol. The number of nitrogens with one attached hydrogen (secondary N) is 2. The molecule has 2 aromatic heterocycles. The van der Waals surface area contributed by atoms with E-state index in [9.17, 15) is 22.8 Å². The zero-order chi connectivity index (χ0) is 21.6. The molecule has 2 N–H and O–H groups in total. The Labute approximate surface area is 174 Å². The topological polar surface area (TPSA) is 84.0 Å². The number of aromatic nitrogens is 2. The lowest BCUT2D eigenvalue weighted by atomic mass is 10.2. The molecule has 2 rings (SSSR count). The van der Waals surface area contributed by atoms with Gasteiger partial charge in [-0.2, -0.15) is 13.2 Å². The van der Waals surface area contributed by atoms with Crippen LogP contribution < -0.4 is 10.6 Å². The Bertz CT molecular complexity index is 894. The second-order valence-corrected chi connectivity index (χ2v) is 7.68. The molecule has 0 aliphatic heterocycles. The van der Waals surface area contributed by atoms with Crippen molar-refractivity contribution in [1.29, 1.82) is 0 Å². The van der Waals surface area contributed by atoms with Crippen LogP contribution in [0.5, 0.6) is 0 Å². The smallest absolute Gasteiger partial charge is 0.351 e. The van der Waals surface area contributed by atoms with Crippen LogP contribution in [-0.4, -0.2) is 34.1 Å². The SMILES string of the molecule is CC(C)C(=O)Nc1cc(C(=O)NCCSc2ncc(C(F)(F)F)cc2Cl)ccn1. The summed E-state index contributed by atoms with van der Waals surface area (Å²) >= 11 is 6.97. The van der Waals surface area contributed by atoms with E-state index in [0.717, 1.165) is 24.0 Å². The maximum absolute atomic E-state index is 12.6. The first-order valence-corrected chi connectivity index (χ1v) is 9.85. The molecule has 0 aliphatic carbocycles. The second kappa shape index (κ2) is 9.93. The highest BCUT2D eigenvalue weighted by Gasteiger charge is 2.31. The number of thioether (sulfide) groups is 1. The van der Waals surface area contributed by atoms with E-state index in [1.165, 1.54) is 18.3 Å². The van der Waals surface area contributed by atoms with Crippen LogP contribution in [0, 0.1) is 5.92 Å². The van der Waals surface area contributed by atoms with Gasteiger partial charge < -0.3 is 10.6 Å². The van der Waals surface area contributed by atoms with Crippen LogP contribution >= 0.6 is 23.4 Å². The van der Waals surface area contributed by atoms with Crippen molar-refractivity contribution in [3.8, 4) is 0 Å². The van der Waals surface area contributed by atoms with E-state index in [2.05, 4.69) is 20.6 Å². The van der Waals surface area contributed by atoms with Gasteiger partial charge in [0.2, 0.25) is 5.91 Å². The molecule has 0 spiro atoms. The third-order valence-electron chi connectivity index (χ3n) is 3.56. The van der Waals surface area contributed by atoms with Crippen molar-refractivity contribution in [2.75, 3.05) is 17.6 Å². The third kappa shape index (κ3) is 6.90. The molecule has 0 unspecified atom stereocenters. The predicted octanol–water partition coefficient (Wildman–Crippen LogP) is 4.27. The lowest BCUT2D eigenvalue weighted by Gasteiger charge is -2.10. The summed E-state index contributed by atoms with van der Waals surface area (Å²) in [6.07, 6.45) is -2.38. The number of halogens is 4. The fourth-order valence-electron chi connectivity index (χ4n) is 2.01. The van der Waals surface area contributed by atoms with Gasteiger partial charge in [-0.25, -0.2) is 9.97 Å². The molecule has 0 aliphatic rings. The number of hydrogen-bond acceptors (Lipinski definition) is 5. The van der Waals surface area contributed by atoms with E-state index < -0.39 is 11.7 Å². The van der Waals surface area contributed by atoms with Gasteiger partial charge >= 0.3 is 6.18 Å². The molecule has 6 nitrogen and oxygen atoms in total. The van der Waals surface area contributed by atoms with E-state index >= 15 is 0 Å². The van der Waals surface area contributed by atoms with Gasteiger partial charge in [-0.1, -0.05) is 25.4 Å². The molecule has 2 amide bonds. The normalized spacial score (nSPS) is 11.4. The highest BCUT2D eigenvalue weighted by Crippen LogP contribution is 2.33. The highest BCUT2D eigenvalue weighted by atomic mass is 35.5. The second-order valence-electron chi connectivity index (χ2n) is 6.19. The fourth-order valence-corrected chi connectivity index (χ4v) is 3.06. The van der Waals surface area contributed by atoms with Crippen molar-refractivity contribution >= 4 is 41.0 Å². The van der Waals surface area contributed by atoms with Crippen LogP contribution in [0.1, 0.15) is 29.8 Å². The summed E-state index contributed by atoms with van der Waals surface area (Å²) in [6, 6.07) is 3.78. The zero-order valence-electron chi connectivity index (χ0n) is 15.5. The van der Waals surface area contributed by atoms with E-state index in [-0.39, 0.29) is 40.1 Å². The van der Waals surface area contributed by atoms with Crippen LogP contribution in [-0.2, 0) is 11.0 Å². The minimum atomic E-state index is -4.51. The number of amides is 2. The summed E-state index contributed by atoms with van der Waals surface area (Å²) in [6.45, 7) is 3.71. The molecule has 0 bridgehead atoms. The number of rotatable bonds is 7. The van der Waals surface area contributed by atoms with E-state index in [4.69, 9.17) is 11.6 Å². The molecule has 29 heavy (non-hydrogen) atoms. The first-order chi connectivity index (χ1) is 13.6. The molecule has 11 heteroatoms. The van der Waals surface area contributed by atoms with Crippen LogP contribution in [0.4, 0.5) is 19.0 Å². The van der Waals surface area contributed by atoms with Gasteiger partial charge in [0.25, 0.3) is 5.91 Å². The fraction of sp³-hybridized carbons (Fsp3) is 0.333. The van der Waals surface area contributed by atoms with Crippen molar-refractivity contribution in [3.63, 3.8) is 0 Å². The van der Waals surface area contributed by atoms with E-state index in [1.54, 1.807) is 13.8 Å². The number of alkyl halides is 3. The average molecular weight is 447 g/mol. The minimum Gasteiger partial charge on any atom is -0.351 e. The summed E-state index contributed by atoms with van der Waals surface area (Å²) in [5.74, 6) is -0.193. The number of carbonyl (C=O) groups is 2. The van der Waals surface area contributed by atoms with E-state index in [0.29, 0.717) is 11.3 Å². The number of hydrogen-bond donors (Lipinski definition) is 2. The molecule has 156 valence electrons. The summed E-state index contributed by atoms with van der Waals surface area (Å²) in [7, 11) is 0. The average Bonchev–Trinajstić information content (AvgIpc) is 2.65. The standard InChI is InChI=1S/C18H18ClF3N4O2S/c1-10(2)15(27)26-14-7-11(3-4-23-14)16(28)24-5-6-29-17-13(19)8-12(9-25-17)18(20,21)22/h3-4,7-10H,5-6H2,1-2H3,(H,24,28)(H,23,26,27). The zero-order valence-corrected chi connectivity index (χ0v) is 17.1. The molecule has 0 atom stereocenters. The Balaban J connectivity index is 1.87. The molecule has 2 heterocycles. The maximum atomic E-state index is 12.6. The third-order valence-corrected chi connectivity index (χ3v) is 4.97. The van der Waals surface area contributed by atoms with Gasteiger partial charge in [0, 0.05) is 36.2 Å². The van der Waals surface area contributed by atoms with Gasteiger partial charge in [-0.3, -0.25) is 9.59 Å². The largest absolute Gasteiger partial charge is 0.417 e. The Morgan fingerprint density at radius 3 is 2.59 bits per heavy atom. The first-order valence-electron chi connectivity index (χ1n) is 8.48. The lowest BCUT2D eigenvalue weighted by molar-refractivity contribution is -0.137. The van der Waals surface area contributed by atoms with E-state index in [1.807, 2.05) is 0 Å². The van der Waals surface area contributed by atoms with Crippen LogP contribution in [0.15, 0.2) is 35.6 Å². The van der Waals surface area contributed by atoms with Gasteiger partial charge in [0.15, 0.2) is 0 Å². The van der Waals surface area contributed by atoms with Crippen molar-refractivity contribution in [1.82, 2.24) is 15.3 Å². The predicted molar refractivity (Wildman–Crippen MR) is 105 cm³/mol. The summed E-state index contributed by atoms with van der Waals surface area (Å²) in [5, 5.41) is 5.43. The number of pyridine rings is 2. The summed E-state index contributed by atoms with van der Waals surface area (Å²) in [4.78, 5) is 31.6. The van der Waals surface area contributed by atoms with Crippen LogP contribution in [0.2, 0.25) is 5.02 Å². The summed E-state index contributed by atoms with van der Waals surface area (Å²) < 4.78 is 37.8. The molecule has 0 saturated heterocycles. The van der Waals surface area contributed by atoms with Gasteiger partial charge in [0.1, 0.15) is 10.8 Å². The molecule has 2 aromatic rings. The van der Waals surface area contributed by atoms with Crippen molar-refractivity contribution in [3.05, 3.63) is 46.7 Å². The van der Waals surface area contributed by atoms with Gasteiger partial charge in [0.05, 0.1) is 10.6 Å². The van der Waals surface area contributed by atoms with Crippen LogP contribution in [0.25, 0.3) is 0 Å². The Kier molecular flexibility index (Phi) is 7.86. The first kappa shape index (κ1) is 23.0. The molecular formula is C18H18ClF3N4O2S. The maximum Gasteiger partial charge on any atom is 0.417 e. The minimum absolute atomic E-state index is 0.101. The monoisotopic (exact) mass is 446 g/mol. The van der Waals surface area contributed by atoms with Crippen molar-refractivity contribution < 1.29 is 22.8 Å². The van der Waals surface area contributed by atoms with Gasteiger partial charge in [-0.15, -0.1) is 11.8 Å². The number of nitrogens with zero attached hydrogens (tertiary/aromatic N) is 2. The number of carbonyl (C=O) groups excluding carboxylic acids is 2. The molecule has 0 aromatic carbocycles. The quantitative estimate of drug-likeness (QED) is 0.490. The highest BCUT2D eigenvalue weighted by molar-refractivity contribution is 7.99.